The summed E-state index contributed by atoms with van der Waals surface area (Å²) in [6, 6.07) is 5.24. The molecule has 0 atom stereocenters. The number of hydrogen-bond acceptors (Lipinski definition) is 4. The maximum absolute atomic E-state index is 11.4. The van der Waals surface area contributed by atoms with Gasteiger partial charge in [-0.2, -0.15) is 5.26 Å². The number of benzene rings is 1. The third kappa shape index (κ3) is 3.55. The van der Waals surface area contributed by atoms with Crippen LogP contribution in [-0.2, 0) is 22.6 Å². The monoisotopic (exact) mass is 297 g/mol. The number of carbonyl (C=O) groups is 1. The van der Waals surface area contributed by atoms with Crippen molar-refractivity contribution < 1.29 is 14.6 Å². The van der Waals surface area contributed by atoms with Gasteiger partial charge in [0.05, 0.1) is 31.3 Å². The standard InChI is InChI=1S/C12H12BrNO3/c1-2-17-12(16)5-8-4-11(13)10(7-15)3-9(8)6-14/h3-4,15H,2,5,7H2,1H3. The molecular weight excluding hydrogens is 286 g/mol. The van der Waals surface area contributed by atoms with E-state index in [9.17, 15) is 4.79 Å². The van der Waals surface area contributed by atoms with Gasteiger partial charge in [-0.3, -0.25) is 4.79 Å². The molecule has 1 aromatic carbocycles. The Hall–Kier alpha value is -1.38. The van der Waals surface area contributed by atoms with Crippen molar-refractivity contribution in [3.8, 4) is 6.07 Å². The predicted molar refractivity (Wildman–Crippen MR) is 65.1 cm³/mol. The highest BCUT2D eigenvalue weighted by Gasteiger charge is 2.12. The van der Waals surface area contributed by atoms with Gasteiger partial charge in [-0.25, -0.2) is 0 Å². The van der Waals surface area contributed by atoms with E-state index in [0.717, 1.165) is 0 Å². The summed E-state index contributed by atoms with van der Waals surface area (Å²) in [7, 11) is 0. The van der Waals surface area contributed by atoms with Gasteiger partial charge in [0.25, 0.3) is 0 Å². The fourth-order valence-electron chi connectivity index (χ4n) is 1.40. The van der Waals surface area contributed by atoms with Gasteiger partial charge in [0.1, 0.15) is 0 Å². The number of hydrogen-bond donors (Lipinski definition) is 1. The van der Waals surface area contributed by atoms with E-state index in [0.29, 0.717) is 27.8 Å². The first kappa shape index (κ1) is 13.7. The Labute approximate surface area is 108 Å². The van der Waals surface area contributed by atoms with E-state index >= 15 is 0 Å². The summed E-state index contributed by atoms with van der Waals surface area (Å²) in [4.78, 5) is 11.4. The smallest absolute Gasteiger partial charge is 0.310 e. The summed E-state index contributed by atoms with van der Waals surface area (Å²) in [5.41, 5.74) is 1.59. The zero-order chi connectivity index (χ0) is 12.8. The van der Waals surface area contributed by atoms with Gasteiger partial charge in [0.2, 0.25) is 0 Å². The number of halogens is 1. The molecular formula is C12H12BrNO3. The fourth-order valence-corrected chi connectivity index (χ4v) is 1.91. The van der Waals surface area contributed by atoms with Crippen LogP contribution in [0, 0.1) is 11.3 Å². The van der Waals surface area contributed by atoms with Crippen molar-refractivity contribution in [1.82, 2.24) is 0 Å². The number of nitriles is 1. The van der Waals surface area contributed by atoms with Crippen LogP contribution in [0.2, 0.25) is 0 Å². The molecule has 0 saturated carbocycles. The van der Waals surface area contributed by atoms with Crippen LogP contribution in [0.1, 0.15) is 23.6 Å². The summed E-state index contributed by atoms with van der Waals surface area (Å²) < 4.78 is 5.51. The Bertz CT molecular complexity index is 466. The van der Waals surface area contributed by atoms with Crippen molar-refractivity contribution in [1.29, 1.82) is 5.26 Å². The third-order valence-corrected chi connectivity index (χ3v) is 2.94. The summed E-state index contributed by atoms with van der Waals surface area (Å²) in [5.74, 6) is -0.368. The summed E-state index contributed by atoms with van der Waals surface area (Å²) in [6.07, 6.45) is 0.0566. The zero-order valence-corrected chi connectivity index (χ0v) is 11.0. The van der Waals surface area contributed by atoms with Crippen LogP contribution in [0.25, 0.3) is 0 Å². The molecule has 0 amide bonds. The number of rotatable bonds is 4. The molecule has 1 aromatic rings. The van der Waals surface area contributed by atoms with E-state index in [4.69, 9.17) is 15.1 Å². The van der Waals surface area contributed by atoms with E-state index in [1.54, 1.807) is 19.1 Å². The van der Waals surface area contributed by atoms with E-state index in [1.807, 2.05) is 6.07 Å². The quantitative estimate of drug-likeness (QED) is 0.862. The predicted octanol–water partition coefficient (Wildman–Crippen LogP) is 1.92. The van der Waals surface area contributed by atoms with Gasteiger partial charge >= 0.3 is 5.97 Å². The lowest BCUT2D eigenvalue weighted by Gasteiger charge is -2.08. The molecule has 0 fully saturated rings. The molecule has 0 heterocycles. The maximum atomic E-state index is 11.4. The average Bonchev–Trinajstić information content (AvgIpc) is 2.29. The van der Waals surface area contributed by atoms with Crippen LogP contribution in [0.3, 0.4) is 0 Å². The van der Waals surface area contributed by atoms with Gasteiger partial charge in [0.15, 0.2) is 0 Å². The molecule has 5 heteroatoms. The van der Waals surface area contributed by atoms with Crippen molar-refractivity contribution >= 4 is 21.9 Å². The van der Waals surface area contributed by atoms with E-state index < -0.39 is 0 Å². The summed E-state index contributed by atoms with van der Waals surface area (Å²) >= 11 is 3.28. The van der Waals surface area contributed by atoms with Crippen molar-refractivity contribution in [3.05, 3.63) is 33.3 Å². The largest absolute Gasteiger partial charge is 0.466 e. The maximum Gasteiger partial charge on any atom is 0.310 e. The van der Waals surface area contributed by atoms with Crippen LogP contribution in [0.15, 0.2) is 16.6 Å². The highest BCUT2D eigenvalue weighted by molar-refractivity contribution is 9.10. The number of aliphatic hydroxyl groups is 1. The minimum atomic E-state index is -0.368. The molecule has 1 rings (SSSR count). The van der Waals surface area contributed by atoms with Crippen molar-refractivity contribution in [2.45, 2.75) is 20.0 Å². The molecule has 0 spiro atoms. The Kier molecular flexibility index (Phi) is 5.13. The first-order valence-electron chi connectivity index (χ1n) is 5.10. The van der Waals surface area contributed by atoms with E-state index in [2.05, 4.69) is 15.9 Å². The van der Waals surface area contributed by atoms with E-state index in [-0.39, 0.29) is 19.0 Å². The van der Waals surface area contributed by atoms with Gasteiger partial charge in [-0.1, -0.05) is 15.9 Å². The lowest BCUT2D eigenvalue weighted by molar-refractivity contribution is -0.142. The third-order valence-electron chi connectivity index (χ3n) is 2.20. The molecule has 0 bridgehead atoms. The minimum absolute atomic E-state index is 0.0566. The number of carbonyl (C=O) groups excluding carboxylic acids is 1. The highest BCUT2D eigenvalue weighted by atomic mass is 79.9. The SMILES string of the molecule is CCOC(=O)Cc1cc(Br)c(CO)cc1C#N. The van der Waals surface area contributed by atoms with Crippen LogP contribution < -0.4 is 0 Å². The Morgan fingerprint density at radius 1 is 1.53 bits per heavy atom. The molecule has 0 saturated heterocycles. The van der Waals surface area contributed by atoms with Crippen LogP contribution in [0.4, 0.5) is 0 Å². The Morgan fingerprint density at radius 2 is 2.24 bits per heavy atom. The van der Waals surface area contributed by atoms with Gasteiger partial charge in [0, 0.05) is 4.47 Å². The molecule has 0 unspecified atom stereocenters. The van der Waals surface area contributed by atoms with Crippen molar-refractivity contribution in [2.24, 2.45) is 0 Å². The second kappa shape index (κ2) is 6.38. The van der Waals surface area contributed by atoms with Gasteiger partial charge in [-0.05, 0) is 30.2 Å². The Balaban J connectivity index is 3.03. The molecule has 0 aliphatic heterocycles. The second-order valence-electron chi connectivity index (χ2n) is 3.35. The van der Waals surface area contributed by atoms with E-state index in [1.165, 1.54) is 0 Å². The molecule has 0 aromatic heterocycles. The van der Waals surface area contributed by atoms with Crippen LogP contribution in [-0.4, -0.2) is 17.7 Å². The van der Waals surface area contributed by atoms with Crippen molar-refractivity contribution in [2.75, 3.05) is 6.61 Å². The molecule has 0 aliphatic rings. The topological polar surface area (TPSA) is 70.3 Å². The first-order valence-corrected chi connectivity index (χ1v) is 5.89. The number of ether oxygens (including phenoxy) is 1. The number of aliphatic hydroxyl groups excluding tert-OH is 1. The molecule has 4 nitrogen and oxygen atoms in total. The molecule has 90 valence electrons. The number of esters is 1. The highest BCUT2D eigenvalue weighted by Crippen LogP contribution is 2.22. The summed E-state index contributed by atoms with van der Waals surface area (Å²) in [5, 5.41) is 18.0. The summed E-state index contributed by atoms with van der Waals surface area (Å²) in [6.45, 7) is 1.89. The molecule has 0 aliphatic carbocycles. The Morgan fingerprint density at radius 3 is 2.76 bits per heavy atom. The van der Waals surface area contributed by atoms with Crippen molar-refractivity contribution in [3.63, 3.8) is 0 Å². The van der Waals surface area contributed by atoms with Gasteiger partial charge < -0.3 is 9.84 Å². The van der Waals surface area contributed by atoms with Crippen LogP contribution >= 0.6 is 15.9 Å². The first-order chi connectivity index (χ1) is 8.12. The lowest BCUT2D eigenvalue weighted by atomic mass is 10.0. The fraction of sp³-hybridized carbons (Fsp3) is 0.333. The van der Waals surface area contributed by atoms with Gasteiger partial charge in [-0.15, -0.1) is 0 Å². The second-order valence-corrected chi connectivity index (χ2v) is 4.21. The molecule has 1 N–H and O–H groups in total. The lowest BCUT2D eigenvalue weighted by Crippen LogP contribution is -2.09. The van der Waals surface area contributed by atoms with Crippen LogP contribution in [0.5, 0.6) is 0 Å². The normalized spacial score (nSPS) is 9.76. The molecule has 17 heavy (non-hydrogen) atoms. The molecule has 0 radical (unpaired) electrons. The zero-order valence-electron chi connectivity index (χ0n) is 9.36. The minimum Gasteiger partial charge on any atom is -0.466 e. The average molecular weight is 298 g/mol. The number of nitrogens with zero attached hydrogens (tertiary/aromatic N) is 1.